The molecule has 10 atom stereocenters. The molecule has 3 heterocycles. The van der Waals surface area contributed by atoms with Crippen LogP contribution in [0.4, 0.5) is 0 Å². The van der Waals surface area contributed by atoms with Crippen molar-refractivity contribution in [2.45, 2.75) is 61.0 Å². The van der Waals surface area contributed by atoms with Gasteiger partial charge in [0.05, 0.1) is 18.7 Å². The molecule has 2 fully saturated rings. The van der Waals surface area contributed by atoms with E-state index in [2.05, 4.69) is 28.7 Å². The number of nitrogens with zero attached hydrogens (tertiary/aromatic N) is 1. The fourth-order valence-corrected chi connectivity index (χ4v) is 4.01. The highest BCUT2D eigenvalue weighted by Crippen LogP contribution is 2.22. The van der Waals surface area contributed by atoms with Gasteiger partial charge in [0.2, 0.25) is 0 Å². The fraction of sp³-hybridized carbons (Fsp3) is 0.480. The minimum absolute atomic E-state index is 0.361. The van der Waals surface area contributed by atoms with Gasteiger partial charge in [-0.1, -0.05) is 17.8 Å². The second-order valence-corrected chi connectivity index (χ2v) is 8.64. The summed E-state index contributed by atoms with van der Waals surface area (Å²) in [6.45, 7) is -1.08. The Morgan fingerprint density at radius 2 is 1.22 bits per heavy atom. The van der Waals surface area contributed by atoms with Crippen LogP contribution < -0.4 is 0 Å². The van der Waals surface area contributed by atoms with Crippen molar-refractivity contribution >= 4 is 10.9 Å². The molecular weight excluding hydrogens is 474 g/mol. The van der Waals surface area contributed by atoms with Crippen molar-refractivity contribution in [1.82, 2.24) is 4.98 Å². The minimum Gasteiger partial charge on any atom is -0.394 e. The zero-order chi connectivity index (χ0) is 26.0. The summed E-state index contributed by atoms with van der Waals surface area (Å²) in [4.78, 5) is 4.43. The fourth-order valence-electron chi connectivity index (χ4n) is 4.01. The standard InChI is InChI=1S/C25H27NO10/c27-10-18-22(31)24(33)20(29)16(35-18)7-2-12-1-6-15-13(9-12)3-4-14(26-15)5-8-17-21(30)25(34)23(32)19(11-28)36-17/h1,3-4,6,9,16-25,27-34H,10-11H2. The number of aliphatic hydroxyl groups is 8. The van der Waals surface area contributed by atoms with Gasteiger partial charge in [-0.25, -0.2) is 4.98 Å². The SMILES string of the molecule is OCC1OC(C#Cc2ccc3nc(C#CC4OC(CO)C(O)C(O)C4O)ccc3c2)C(O)C(O)C1O. The highest BCUT2D eigenvalue weighted by molar-refractivity contribution is 5.80. The normalized spacial score (nSPS) is 36.4. The molecule has 2 aliphatic rings. The third-order valence-corrected chi connectivity index (χ3v) is 6.17. The van der Waals surface area contributed by atoms with Crippen molar-refractivity contribution in [2.24, 2.45) is 0 Å². The van der Waals surface area contributed by atoms with Crippen LogP contribution in [0.5, 0.6) is 0 Å². The van der Waals surface area contributed by atoms with Crippen LogP contribution in [0.2, 0.25) is 0 Å². The summed E-state index contributed by atoms with van der Waals surface area (Å²) in [5.74, 6) is 11.0. The highest BCUT2D eigenvalue weighted by atomic mass is 16.5. The van der Waals surface area contributed by atoms with Crippen LogP contribution in [0.1, 0.15) is 11.3 Å². The number of pyridine rings is 1. The van der Waals surface area contributed by atoms with Gasteiger partial charge in [-0.3, -0.25) is 0 Å². The summed E-state index contributed by atoms with van der Waals surface area (Å²) < 4.78 is 10.8. The Hall–Kier alpha value is -2.65. The molecule has 2 aliphatic heterocycles. The van der Waals surface area contributed by atoms with E-state index in [1.165, 1.54) is 0 Å². The van der Waals surface area contributed by atoms with Gasteiger partial charge >= 0.3 is 0 Å². The van der Waals surface area contributed by atoms with Gasteiger partial charge in [0.1, 0.15) is 66.7 Å². The van der Waals surface area contributed by atoms with Gasteiger partial charge in [0.25, 0.3) is 0 Å². The Morgan fingerprint density at radius 1 is 0.667 bits per heavy atom. The molecule has 1 aromatic heterocycles. The second kappa shape index (κ2) is 11.2. The molecule has 0 amide bonds. The minimum atomic E-state index is -1.51. The highest BCUT2D eigenvalue weighted by Gasteiger charge is 2.43. The number of aliphatic hydroxyl groups excluding tert-OH is 8. The van der Waals surface area contributed by atoms with E-state index in [0.717, 1.165) is 5.39 Å². The Bertz CT molecular complexity index is 1100. The lowest BCUT2D eigenvalue weighted by Crippen LogP contribution is -2.58. The van der Waals surface area contributed by atoms with E-state index >= 15 is 0 Å². The first-order valence-corrected chi connectivity index (χ1v) is 11.3. The zero-order valence-corrected chi connectivity index (χ0v) is 18.9. The topological polar surface area (TPSA) is 193 Å². The number of rotatable bonds is 2. The van der Waals surface area contributed by atoms with Crippen molar-refractivity contribution in [3.05, 3.63) is 41.6 Å². The van der Waals surface area contributed by atoms with E-state index in [9.17, 15) is 40.9 Å². The maximum Gasteiger partial charge on any atom is 0.147 e. The molecule has 2 aromatic rings. The molecule has 0 radical (unpaired) electrons. The first-order valence-electron chi connectivity index (χ1n) is 11.3. The Labute approximate surface area is 206 Å². The molecule has 2 saturated heterocycles. The van der Waals surface area contributed by atoms with Crippen LogP contribution >= 0.6 is 0 Å². The number of benzene rings is 1. The van der Waals surface area contributed by atoms with Crippen molar-refractivity contribution in [3.8, 4) is 23.7 Å². The molecule has 4 rings (SSSR count). The van der Waals surface area contributed by atoms with E-state index < -0.39 is 74.3 Å². The first kappa shape index (κ1) is 26.4. The smallest absolute Gasteiger partial charge is 0.147 e. The summed E-state index contributed by atoms with van der Waals surface area (Å²) in [6, 6.07) is 8.51. The van der Waals surface area contributed by atoms with Gasteiger partial charge in [0, 0.05) is 10.9 Å². The number of hydrogen-bond acceptors (Lipinski definition) is 11. The summed E-state index contributed by atoms with van der Waals surface area (Å²) in [5, 5.41) is 79.0. The molecule has 11 heteroatoms. The molecule has 36 heavy (non-hydrogen) atoms. The molecule has 8 N–H and O–H groups in total. The van der Waals surface area contributed by atoms with Gasteiger partial charge in [0.15, 0.2) is 0 Å². The van der Waals surface area contributed by atoms with Gasteiger partial charge < -0.3 is 50.3 Å². The molecule has 1 aromatic carbocycles. The van der Waals surface area contributed by atoms with Crippen LogP contribution in [0.25, 0.3) is 10.9 Å². The average Bonchev–Trinajstić information content (AvgIpc) is 2.89. The van der Waals surface area contributed by atoms with Gasteiger partial charge in [-0.2, -0.15) is 0 Å². The Balaban J connectivity index is 1.50. The van der Waals surface area contributed by atoms with Crippen LogP contribution in [0, 0.1) is 23.7 Å². The summed E-state index contributed by atoms with van der Waals surface area (Å²) >= 11 is 0. The largest absolute Gasteiger partial charge is 0.394 e. The summed E-state index contributed by atoms with van der Waals surface area (Å²) in [7, 11) is 0. The number of ether oxygens (including phenoxy) is 2. The van der Waals surface area contributed by atoms with Crippen molar-refractivity contribution in [3.63, 3.8) is 0 Å². The Kier molecular flexibility index (Phi) is 8.20. The summed E-state index contributed by atoms with van der Waals surface area (Å²) in [5.41, 5.74) is 1.52. The zero-order valence-electron chi connectivity index (χ0n) is 18.9. The monoisotopic (exact) mass is 501 g/mol. The molecular formula is C25H27NO10. The number of hydrogen-bond donors (Lipinski definition) is 8. The van der Waals surface area contributed by atoms with Crippen molar-refractivity contribution in [2.75, 3.05) is 13.2 Å². The van der Waals surface area contributed by atoms with Gasteiger partial charge in [-0.15, -0.1) is 0 Å². The Morgan fingerprint density at radius 3 is 1.78 bits per heavy atom. The predicted octanol–water partition coefficient (Wildman–Crippen LogP) is -3.38. The van der Waals surface area contributed by atoms with Crippen molar-refractivity contribution < 1.29 is 50.3 Å². The molecule has 192 valence electrons. The van der Waals surface area contributed by atoms with Crippen LogP contribution in [-0.4, -0.2) is 120 Å². The lowest BCUT2D eigenvalue weighted by Gasteiger charge is -2.37. The third kappa shape index (κ3) is 5.37. The van der Waals surface area contributed by atoms with E-state index in [0.29, 0.717) is 16.8 Å². The predicted molar refractivity (Wildman–Crippen MR) is 123 cm³/mol. The van der Waals surface area contributed by atoms with Crippen LogP contribution in [-0.2, 0) is 9.47 Å². The third-order valence-electron chi connectivity index (χ3n) is 6.17. The molecule has 0 bridgehead atoms. The number of aromatic nitrogens is 1. The lowest BCUT2D eigenvalue weighted by atomic mass is 9.95. The summed E-state index contributed by atoms with van der Waals surface area (Å²) in [6.07, 6.45) is -13.1. The van der Waals surface area contributed by atoms with Crippen molar-refractivity contribution in [1.29, 1.82) is 0 Å². The van der Waals surface area contributed by atoms with E-state index in [1.54, 1.807) is 30.3 Å². The van der Waals surface area contributed by atoms with Crippen LogP contribution in [0.3, 0.4) is 0 Å². The molecule has 0 aliphatic carbocycles. The maximum atomic E-state index is 10.1. The average molecular weight is 501 g/mol. The molecule has 10 unspecified atom stereocenters. The molecule has 0 spiro atoms. The second-order valence-electron chi connectivity index (χ2n) is 8.64. The first-order chi connectivity index (χ1) is 17.2. The van der Waals surface area contributed by atoms with Gasteiger partial charge in [-0.05, 0) is 36.3 Å². The van der Waals surface area contributed by atoms with Crippen LogP contribution in [0.15, 0.2) is 30.3 Å². The van der Waals surface area contributed by atoms with E-state index in [4.69, 9.17) is 9.47 Å². The lowest BCUT2D eigenvalue weighted by molar-refractivity contribution is -0.214. The van der Waals surface area contributed by atoms with E-state index in [1.807, 2.05) is 0 Å². The molecule has 11 nitrogen and oxygen atoms in total. The quantitative estimate of drug-likeness (QED) is 0.191. The maximum absolute atomic E-state index is 10.1. The molecule has 0 saturated carbocycles. The number of fused-ring (bicyclic) bond motifs is 1. The van der Waals surface area contributed by atoms with E-state index in [-0.39, 0.29) is 0 Å².